The summed E-state index contributed by atoms with van der Waals surface area (Å²) in [5.74, 6) is -0.0585. The maximum absolute atomic E-state index is 12.6. The fourth-order valence-electron chi connectivity index (χ4n) is 3.09. The molecule has 0 bridgehead atoms. The van der Waals surface area contributed by atoms with Gasteiger partial charge < -0.3 is 10.0 Å². The predicted octanol–water partition coefficient (Wildman–Crippen LogP) is 0.0298. The van der Waals surface area contributed by atoms with Crippen LogP contribution in [0.1, 0.15) is 32.6 Å². The van der Waals surface area contributed by atoms with Crippen molar-refractivity contribution in [3.8, 4) is 0 Å². The lowest BCUT2D eigenvalue weighted by atomic mass is 9.95. The van der Waals surface area contributed by atoms with Gasteiger partial charge in [-0.15, -0.1) is 0 Å². The molecule has 6 nitrogen and oxygen atoms in total. The van der Waals surface area contributed by atoms with E-state index in [1.54, 1.807) is 4.90 Å². The largest absolute Gasteiger partial charge is 0.393 e. The molecule has 0 aromatic heterocycles. The summed E-state index contributed by atoms with van der Waals surface area (Å²) in [7, 11) is -3.35. The van der Waals surface area contributed by atoms with Crippen LogP contribution in [-0.4, -0.2) is 66.7 Å². The Morgan fingerprint density at radius 1 is 1.20 bits per heavy atom. The Morgan fingerprint density at radius 2 is 1.90 bits per heavy atom. The molecular weight excluding hydrogens is 280 g/mol. The van der Waals surface area contributed by atoms with E-state index in [1.807, 2.05) is 6.92 Å². The SMILES string of the molecule is CC1CN(C(=O)C2CCCCN2S(C)(=O)=O)CCC1O. The molecule has 2 rings (SSSR count). The van der Waals surface area contributed by atoms with Crippen molar-refractivity contribution >= 4 is 15.9 Å². The van der Waals surface area contributed by atoms with E-state index in [0.29, 0.717) is 32.5 Å². The molecule has 2 fully saturated rings. The first-order chi connectivity index (χ1) is 9.30. The first-order valence-corrected chi connectivity index (χ1v) is 9.09. The molecule has 0 aliphatic carbocycles. The standard InChI is InChI=1S/C13H24N2O4S/c1-10-9-14(8-6-12(10)16)13(17)11-5-3-4-7-15(11)20(2,18)19/h10-12,16H,3-9H2,1-2H3. The highest BCUT2D eigenvalue weighted by atomic mass is 32.2. The molecule has 3 atom stereocenters. The molecule has 1 amide bonds. The van der Waals surface area contributed by atoms with Crippen molar-refractivity contribution < 1.29 is 18.3 Å². The van der Waals surface area contributed by atoms with Crippen molar-refractivity contribution in [2.75, 3.05) is 25.9 Å². The van der Waals surface area contributed by atoms with Gasteiger partial charge in [0.1, 0.15) is 6.04 Å². The predicted molar refractivity (Wildman–Crippen MR) is 75.6 cm³/mol. The topological polar surface area (TPSA) is 77.9 Å². The summed E-state index contributed by atoms with van der Waals surface area (Å²) in [4.78, 5) is 14.3. The van der Waals surface area contributed by atoms with Crippen LogP contribution in [0.2, 0.25) is 0 Å². The third-order valence-electron chi connectivity index (χ3n) is 4.34. The third kappa shape index (κ3) is 3.32. The molecule has 0 aromatic carbocycles. The number of aliphatic hydroxyl groups excluding tert-OH is 1. The lowest BCUT2D eigenvalue weighted by Gasteiger charge is -2.40. The van der Waals surface area contributed by atoms with Gasteiger partial charge in [-0.25, -0.2) is 8.42 Å². The van der Waals surface area contributed by atoms with Gasteiger partial charge in [0.2, 0.25) is 15.9 Å². The maximum atomic E-state index is 12.6. The second-order valence-corrected chi connectivity index (χ2v) is 7.94. The average molecular weight is 304 g/mol. The molecule has 0 spiro atoms. The summed E-state index contributed by atoms with van der Waals surface area (Å²) in [5, 5.41) is 9.72. The quantitative estimate of drug-likeness (QED) is 0.781. The Kier molecular flexibility index (Phi) is 4.71. The van der Waals surface area contributed by atoms with Crippen molar-refractivity contribution in [2.45, 2.75) is 44.8 Å². The number of sulfonamides is 1. The van der Waals surface area contributed by atoms with Crippen LogP contribution >= 0.6 is 0 Å². The van der Waals surface area contributed by atoms with Crippen molar-refractivity contribution in [1.29, 1.82) is 0 Å². The number of aliphatic hydroxyl groups is 1. The molecule has 2 heterocycles. The molecule has 2 saturated heterocycles. The first kappa shape index (κ1) is 15.7. The van der Waals surface area contributed by atoms with Crippen molar-refractivity contribution in [3.05, 3.63) is 0 Å². The molecule has 20 heavy (non-hydrogen) atoms. The van der Waals surface area contributed by atoms with E-state index in [1.165, 1.54) is 10.6 Å². The zero-order valence-electron chi connectivity index (χ0n) is 12.2. The smallest absolute Gasteiger partial charge is 0.241 e. The lowest BCUT2D eigenvalue weighted by molar-refractivity contribution is -0.139. The highest BCUT2D eigenvalue weighted by molar-refractivity contribution is 7.88. The number of rotatable bonds is 2. The van der Waals surface area contributed by atoms with Gasteiger partial charge in [-0.05, 0) is 25.2 Å². The van der Waals surface area contributed by atoms with Crippen LogP contribution in [0.5, 0.6) is 0 Å². The highest BCUT2D eigenvalue weighted by Gasteiger charge is 2.38. The highest BCUT2D eigenvalue weighted by Crippen LogP contribution is 2.24. The normalized spacial score (nSPS) is 33.1. The molecular formula is C13H24N2O4S. The zero-order valence-corrected chi connectivity index (χ0v) is 13.0. The summed E-state index contributed by atoms with van der Waals surface area (Å²) < 4.78 is 25.0. The molecule has 0 aromatic rings. The second kappa shape index (κ2) is 5.99. The van der Waals surface area contributed by atoms with Crippen LogP contribution in [0.3, 0.4) is 0 Å². The Morgan fingerprint density at radius 3 is 2.50 bits per heavy atom. The van der Waals surface area contributed by atoms with E-state index in [-0.39, 0.29) is 17.9 Å². The van der Waals surface area contributed by atoms with Gasteiger partial charge in [0.05, 0.1) is 12.4 Å². The molecule has 1 N–H and O–H groups in total. The third-order valence-corrected chi connectivity index (χ3v) is 5.63. The first-order valence-electron chi connectivity index (χ1n) is 7.24. The van der Waals surface area contributed by atoms with Gasteiger partial charge in [0.15, 0.2) is 0 Å². The van der Waals surface area contributed by atoms with Crippen LogP contribution in [0.25, 0.3) is 0 Å². The maximum Gasteiger partial charge on any atom is 0.241 e. The Hall–Kier alpha value is -0.660. The number of carbonyl (C=O) groups excluding carboxylic acids is 1. The number of likely N-dealkylation sites (tertiary alicyclic amines) is 1. The summed E-state index contributed by atoms with van der Waals surface area (Å²) in [5.41, 5.74) is 0. The number of piperidine rings is 2. The van der Waals surface area contributed by atoms with Crippen LogP contribution in [0.4, 0.5) is 0 Å². The van der Waals surface area contributed by atoms with E-state index in [4.69, 9.17) is 0 Å². The molecule has 3 unspecified atom stereocenters. The number of carbonyl (C=O) groups is 1. The minimum Gasteiger partial charge on any atom is -0.393 e. The van der Waals surface area contributed by atoms with E-state index < -0.39 is 16.1 Å². The monoisotopic (exact) mass is 304 g/mol. The van der Waals surface area contributed by atoms with Gasteiger partial charge >= 0.3 is 0 Å². The number of nitrogens with zero attached hydrogens (tertiary/aromatic N) is 2. The number of hydrogen-bond donors (Lipinski definition) is 1. The van der Waals surface area contributed by atoms with Gasteiger partial charge in [-0.2, -0.15) is 4.31 Å². The second-order valence-electron chi connectivity index (χ2n) is 6.00. The summed E-state index contributed by atoms with van der Waals surface area (Å²) >= 11 is 0. The van der Waals surface area contributed by atoms with Crippen molar-refractivity contribution in [1.82, 2.24) is 9.21 Å². The van der Waals surface area contributed by atoms with E-state index in [0.717, 1.165) is 12.8 Å². The average Bonchev–Trinajstić information content (AvgIpc) is 2.40. The van der Waals surface area contributed by atoms with Gasteiger partial charge in [-0.3, -0.25) is 4.79 Å². The minimum atomic E-state index is -3.35. The minimum absolute atomic E-state index is 0.0444. The summed E-state index contributed by atoms with van der Waals surface area (Å²) in [6, 6.07) is -0.554. The van der Waals surface area contributed by atoms with Gasteiger partial charge in [0, 0.05) is 19.6 Å². The fraction of sp³-hybridized carbons (Fsp3) is 0.923. The molecule has 0 radical (unpaired) electrons. The Balaban J connectivity index is 2.10. The van der Waals surface area contributed by atoms with Crippen LogP contribution < -0.4 is 0 Å². The lowest BCUT2D eigenvalue weighted by Crippen LogP contribution is -2.55. The molecule has 0 saturated carbocycles. The van der Waals surface area contributed by atoms with Gasteiger partial charge in [-0.1, -0.05) is 13.3 Å². The summed E-state index contributed by atoms with van der Waals surface area (Å²) in [6.07, 6.45) is 3.66. The van der Waals surface area contributed by atoms with Crippen molar-refractivity contribution in [3.63, 3.8) is 0 Å². The van der Waals surface area contributed by atoms with E-state index in [9.17, 15) is 18.3 Å². The van der Waals surface area contributed by atoms with Crippen LogP contribution in [0.15, 0.2) is 0 Å². The van der Waals surface area contributed by atoms with Crippen LogP contribution in [0, 0.1) is 5.92 Å². The molecule has 7 heteroatoms. The number of amides is 1. The van der Waals surface area contributed by atoms with Crippen LogP contribution in [-0.2, 0) is 14.8 Å². The fourth-order valence-corrected chi connectivity index (χ4v) is 4.21. The van der Waals surface area contributed by atoms with E-state index in [2.05, 4.69) is 0 Å². The Labute approximate surface area is 120 Å². The Bertz CT molecular complexity index is 465. The van der Waals surface area contributed by atoms with Gasteiger partial charge in [0.25, 0.3) is 0 Å². The number of hydrogen-bond acceptors (Lipinski definition) is 4. The molecule has 116 valence electrons. The van der Waals surface area contributed by atoms with Crippen molar-refractivity contribution in [2.24, 2.45) is 5.92 Å². The molecule has 2 aliphatic rings. The van der Waals surface area contributed by atoms with E-state index >= 15 is 0 Å². The zero-order chi connectivity index (χ0) is 14.9. The molecule has 2 aliphatic heterocycles. The summed E-state index contributed by atoms with van der Waals surface area (Å²) in [6.45, 7) is 3.37.